The summed E-state index contributed by atoms with van der Waals surface area (Å²) in [7, 11) is 0. The predicted molar refractivity (Wildman–Crippen MR) is 59.8 cm³/mol. The van der Waals surface area contributed by atoms with E-state index in [1.807, 2.05) is 0 Å². The Morgan fingerprint density at radius 2 is 1.85 bits per heavy atom. The van der Waals surface area contributed by atoms with Crippen molar-refractivity contribution in [3.63, 3.8) is 0 Å². The summed E-state index contributed by atoms with van der Waals surface area (Å²) in [4.78, 5) is 0. The van der Waals surface area contributed by atoms with Crippen LogP contribution < -0.4 is 0 Å². The van der Waals surface area contributed by atoms with E-state index in [2.05, 4.69) is 26.0 Å². The lowest BCUT2D eigenvalue weighted by Crippen LogP contribution is -2.25. The van der Waals surface area contributed by atoms with Crippen LogP contribution in [0.2, 0.25) is 0 Å². The Kier molecular flexibility index (Phi) is 5.19. The third kappa shape index (κ3) is 3.54. The van der Waals surface area contributed by atoms with Gasteiger partial charge in [0.05, 0.1) is 0 Å². The van der Waals surface area contributed by atoms with E-state index in [1.54, 1.807) is 0 Å². The van der Waals surface area contributed by atoms with Crippen molar-refractivity contribution in [1.29, 1.82) is 0 Å². The van der Waals surface area contributed by atoms with Gasteiger partial charge in [-0.15, -0.1) is 0 Å². The van der Waals surface area contributed by atoms with E-state index in [1.165, 1.54) is 44.9 Å². The Balaban J connectivity index is 2.06. The Morgan fingerprint density at radius 3 is 2.38 bits per heavy atom. The SMILES string of the molecule is CC=CCCC1CCC1CCCC. The molecule has 0 aromatic rings. The van der Waals surface area contributed by atoms with Crippen LogP contribution in [0.25, 0.3) is 0 Å². The van der Waals surface area contributed by atoms with Gasteiger partial charge < -0.3 is 0 Å². The molecule has 1 aliphatic carbocycles. The van der Waals surface area contributed by atoms with Gasteiger partial charge in [0.2, 0.25) is 0 Å². The molecule has 0 N–H and O–H groups in total. The van der Waals surface area contributed by atoms with Crippen LogP contribution in [0.1, 0.15) is 58.8 Å². The van der Waals surface area contributed by atoms with Gasteiger partial charge in [-0.25, -0.2) is 0 Å². The molecule has 0 aliphatic heterocycles. The first-order chi connectivity index (χ1) is 6.38. The van der Waals surface area contributed by atoms with Gasteiger partial charge in [-0.05, 0) is 44.4 Å². The molecule has 0 spiro atoms. The molecule has 0 aromatic heterocycles. The highest BCUT2D eigenvalue weighted by Gasteiger charge is 2.28. The quantitative estimate of drug-likeness (QED) is 0.526. The fourth-order valence-corrected chi connectivity index (χ4v) is 2.34. The topological polar surface area (TPSA) is 0 Å². The Labute approximate surface area is 83.4 Å². The Morgan fingerprint density at radius 1 is 1.15 bits per heavy atom. The van der Waals surface area contributed by atoms with Crippen molar-refractivity contribution in [3.8, 4) is 0 Å². The van der Waals surface area contributed by atoms with Gasteiger partial charge in [0.15, 0.2) is 0 Å². The van der Waals surface area contributed by atoms with Gasteiger partial charge in [0, 0.05) is 0 Å². The van der Waals surface area contributed by atoms with Crippen molar-refractivity contribution < 1.29 is 0 Å². The molecule has 1 saturated carbocycles. The molecule has 1 aliphatic rings. The summed E-state index contributed by atoms with van der Waals surface area (Å²) in [6.07, 6.45) is 14.6. The lowest BCUT2D eigenvalue weighted by atomic mass is 9.69. The van der Waals surface area contributed by atoms with Crippen LogP contribution in [0.5, 0.6) is 0 Å². The smallest absolute Gasteiger partial charge is 0.0348 e. The van der Waals surface area contributed by atoms with Gasteiger partial charge in [-0.1, -0.05) is 38.3 Å². The molecule has 0 amide bonds. The molecule has 0 heteroatoms. The summed E-state index contributed by atoms with van der Waals surface area (Å²) in [6, 6.07) is 0. The molecule has 2 unspecified atom stereocenters. The Hall–Kier alpha value is -0.260. The third-order valence-corrected chi connectivity index (χ3v) is 3.44. The molecule has 1 fully saturated rings. The lowest BCUT2D eigenvalue weighted by Gasteiger charge is -2.36. The van der Waals surface area contributed by atoms with Gasteiger partial charge in [-0.3, -0.25) is 0 Å². The van der Waals surface area contributed by atoms with Gasteiger partial charge in [-0.2, -0.15) is 0 Å². The summed E-state index contributed by atoms with van der Waals surface area (Å²) in [6.45, 7) is 4.42. The first-order valence-electron chi connectivity index (χ1n) is 5.99. The summed E-state index contributed by atoms with van der Waals surface area (Å²) in [5.41, 5.74) is 0. The zero-order valence-corrected chi connectivity index (χ0v) is 9.26. The second-order valence-electron chi connectivity index (χ2n) is 4.39. The maximum absolute atomic E-state index is 2.31. The summed E-state index contributed by atoms with van der Waals surface area (Å²) in [5, 5.41) is 0. The van der Waals surface area contributed by atoms with Gasteiger partial charge >= 0.3 is 0 Å². The molecule has 0 radical (unpaired) electrons. The van der Waals surface area contributed by atoms with Crippen LogP contribution in [0.4, 0.5) is 0 Å². The normalized spacial score (nSPS) is 27.8. The van der Waals surface area contributed by atoms with Crippen LogP contribution in [0.15, 0.2) is 12.2 Å². The molecular formula is C13H24. The van der Waals surface area contributed by atoms with E-state index in [-0.39, 0.29) is 0 Å². The van der Waals surface area contributed by atoms with Gasteiger partial charge in [0.1, 0.15) is 0 Å². The standard InChI is InChI=1S/C13H24/c1-3-5-7-9-13-11-10-12(13)8-6-4-2/h3,5,12-13H,4,6-11H2,1-2H3. The second-order valence-corrected chi connectivity index (χ2v) is 4.39. The first-order valence-corrected chi connectivity index (χ1v) is 5.99. The van der Waals surface area contributed by atoms with Gasteiger partial charge in [0.25, 0.3) is 0 Å². The maximum atomic E-state index is 2.31. The largest absolute Gasteiger partial charge is 0.0917 e. The highest BCUT2D eigenvalue weighted by atomic mass is 14.3. The zero-order chi connectivity index (χ0) is 9.52. The minimum atomic E-state index is 1.07. The van der Waals surface area contributed by atoms with E-state index >= 15 is 0 Å². The molecular weight excluding hydrogens is 156 g/mol. The number of allylic oxidation sites excluding steroid dienone is 2. The summed E-state index contributed by atoms with van der Waals surface area (Å²) >= 11 is 0. The van der Waals surface area contributed by atoms with Crippen LogP contribution in [0, 0.1) is 11.8 Å². The average Bonchev–Trinajstić information content (AvgIpc) is 2.11. The molecule has 76 valence electrons. The van der Waals surface area contributed by atoms with E-state index in [0.717, 1.165) is 11.8 Å². The van der Waals surface area contributed by atoms with E-state index in [0.29, 0.717) is 0 Å². The van der Waals surface area contributed by atoms with Crippen LogP contribution in [0.3, 0.4) is 0 Å². The van der Waals surface area contributed by atoms with Crippen molar-refractivity contribution in [3.05, 3.63) is 12.2 Å². The van der Waals surface area contributed by atoms with E-state index in [9.17, 15) is 0 Å². The fourth-order valence-electron chi connectivity index (χ4n) is 2.34. The number of unbranched alkanes of at least 4 members (excludes halogenated alkanes) is 1. The summed E-state index contributed by atoms with van der Waals surface area (Å²) < 4.78 is 0. The van der Waals surface area contributed by atoms with Crippen molar-refractivity contribution in [2.75, 3.05) is 0 Å². The molecule has 0 heterocycles. The van der Waals surface area contributed by atoms with E-state index in [4.69, 9.17) is 0 Å². The zero-order valence-electron chi connectivity index (χ0n) is 9.26. The highest BCUT2D eigenvalue weighted by Crippen LogP contribution is 2.40. The molecule has 13 heavy (non-hydrogen) atoms. The second kappa shape index (κ2) is 6.23. The monoisotopic (exact) mass is 180 g/mol. The first kappa shape index (κ1) is 10.8. The summed E-state index contributed by atoms with van der Waals surface area (Å²) in [5.74, 6) is 2.16. The number of rotatable bonds is 6. The van der Waals surface area contributed by atoms with Crippen molar-refractivity contribution in [2.45, 2.75) is 58.8 Å². The van der Waals surface area contributed by atoms with Crippen molar-refractivity contribution in [1.82, 2.24) is 0 Å². The molecule has 0 aromatic carbocycles. The van der Waals surface area contributed by atoms with Crippen molar-refractivity contribution in [2.24, 2.45) is 11.8 Å². The minimum Gasteiger partial charge on any atom is -0.0917 e. The predicted octanol–water partition coefficient (Wildman–Crippen LogP) is 4.56. The van der Waals surface area contributed by atoms with E-state index < -0.39 is 0 Å². The average molecular weight is 180 g/mol. The minimum absolute atomic E-state index is 1.07. The van der Waals surface area contributed by atoms with Crippen LogP contribution in [-0.4, -0.2) is 0 Å². The molecule has 0 bridgehead atoms. The third-order valence-electron chi connectivity index (χ3n) is 3.44. The number of hydrogen-bond donors (Lipinski definition) is 0. The Bertz CT molecular complexity index is 146. The van der Waals surface area contributed by atoms with Crippen molar-refractivity contribution >= 4 is 0 Å². The van der Waals surface area contributed by atoms with Crippen LogP contribution >= 0.6 is 0 Å². The molecule has 0 saturated heterocycles. The fraction of sp³-hybridized carbons (Fsp3) is 0.846. The number of hydrogen-bond acceptors (Lipinski definition) is 0. The maximum Gasteiger partial charge on any atom is -0.0348 e. The molecule has 2 atom stereocenters. The lowest BCUT2D eigenvalue weighted by molar-refractivity contribution is 0.151. The highest BCUT2D eigenvalue weighted by molar-refractivity contribution is 4.84. The molecule has 1 rings (SSSR count). The molecule has 0 nitrogen and oxygen atoms in total. The van der Waals surface area contributed by atoms with Crippen LogP contribution in [-0.2, 0) is 0 Å².